The summed E-state index contributed by atoms with van der Waals surface area (Å²) in [7, 11) is 0. The summed E-state index contributed by atoms with van der Waals surface area (Å²) in [6.07, 6.45) is 1.53. The standard InChI is InChI=1S/C17H20N2O2/c1-4-21-17(20)14-9-10-16(18-11-14)19-13(3)15-8-6-5-7-12(15)2/h5-11,13H,4H2,1-3H3,(H,18,19). The van der Waals surface area contributed by atoms with Crippen molar-refractivity contribution in [1.29, 1.82) is 0 Å². The van der Waals surface area contributed by atoms with E-state index in [2.05, 4.69) is 36.3 Å². The van der Waals surface area contributed by atoms with Crippen molar-refractivity contribution in [2.75, 3.05) is 11.9 Å². The number of pyridine rings is 1. The normalized spacial score (nSPS) is 11.8. The lowest BCUT2D eigenvalue weighted by Crippen LogP contribution is -2.10. The van der Waals surface area contributed by atoms with Crippen LogP contribution in [-0.4, -0.2) is 17.6 Å². The van der Waals surface area contributed by atoms with Crippen LogP contribution in [0.3, 0.4) is 0 Å². The number of aromatic nitrogens is 1. The summed E-state index contributed by atoms with van der Waals surface area (Å²) in [6.45, 7) is 6.32. The highest BCUT2D eigenvalue weighted by atomic mass is 16.5. The molecule has 0 fully saturated rings. The van der Waals surface area contributed by atoms with Crippen LogP contribution in [0.25, 0.3) is 0 Å². The number of esters is 1. The van der Waals surface area contributed by atoms with Gasteiger partial charge in [0.15, 0.2) is 0 Å². The zero-order valence-corrected chi connectivity index (χ0v) is 12.6. The maximum Gasteiger partial charge on any atom is 0.339 e. The minimum atomic E-state index is -0.344. The zero-order valence-electron chi connectivity index (χ0n) is 12.6. The predicted octanol–water partition coefficient (Wildman–Crippen LogP) is 3.74. The summed E-state index contributed by atoms with van der Waals surface area (Å²) in [5, 5.41) is 3.33. The molecule has 0 bridgehead atoms. The fraction of sp³-hybridized carbons (Fsp3) is 0.294. The molecule has 21 heavy (non-hydrogen) atoms. The number of carbonyl (C=O) groups is 1. The van der Waals surface area contributed by atoms with Crippen LogP contribution >= 0.6 is 0 Å². The van der Waals surface area contributed by atoms with Crippen LogP contribution < -0.4 is 5.32 Å². The number of nitrogens with one attached hydrogen (secondary N) is 1. The van der Waals surface area contributed by atoms with Crippen molar-refractivity contribution in [2.45, 2.75) is 26.8 Å². The van der Waals surface area contributed by atoms with Crippen LogP contribution in [0.1, 0.15) is 41.4 Å². The monoisotopic (exact) mass is 284 g/mol. The Morgan fingerprint density at radius 3 is 2.67 bits per heavy atom. The lowest BCUT2D eigenvalue weighted by atomic mass is 10.0. The Morgan fingerprint density at radius 2 is 2.05 bits per heavy atom. The van der Waals surface area contributed by atoms with Crippen LogP contribution in [0.4, 0.5) is 5.82 Å². The van der Waals surface area contributed by atoms with Crippen LogP contribution in [0.5, 0.6) is 0 Å². The first-order valence-corrected chi connectivity index (χ1v) is 7.07. The van der Waals surface area contributed by atoms with Crippen LogP contribution in [0, 0.1) is 6.92 Å². The molecule has 1 aromatic heterocycles. The molecule has 0 saturated carbocycles. The van der Waals surface area contributed by atoms with E-state index in [4.69, 9.17) is 4.74 Å². The Morgan fingerprint density at radius 1 is 1.29 bits per heavy atom. The number of hydrogen-bond acceptors (Lipinski definition) is 4. The number of ether oxygens (including phenoxy) is 1. The molecule has 0 saturated heterocycles. The van der Waals surface area contributed by atoms with Gasteiger partial charge in [-0.05, 0) is 44.0 Å². The van der Waals surface area contributed by atoms with Gasteiger partial charge in [0.1, 0.15) is 5.82 Å². The van der Waals surface area contributed by atoms with Gasteiger partial charge in [-0.25, -0.2) is 9.78 Å². The van der Waals surface area contributed by atoms with Gasteiger partial charge >= 0.3 is 5.97 Å². The van der Waals surface area contributed by atoms with Crippen LogP contribution in [0.2, 0.25) is 0 Å². The minimum Gasteiger partial charge on any atom is -0.462 e. The lowest BCUT2D eigenvalue weighted by molar-refractivity contribution is 0.0526. The van der Waals surface area contributed by atoms with Crippen LogP contribution in [-0.2, 0) is 4.74 Å². The molecule has 2 aromatic rings. The predicted molar refractivity (Wildman–Crippen MR) is 83.4 cm³/mol. The number of carbonyl (C=O) groups excluding carboxylic acids is 1. The summed E-state index contributed by atoms with van der Waals surface area (Å²) in [4.78, 5) is 15.8. The Labute approximate surface area is 125 Å². The lowest BCUT2D eigenvalue weighted by Gasteiger charge is -2.17. The second-order valence-electron chi connectivity index (χ2n) is 4.88. The van der Waals surface area contributed by atoms with Crippen molar-refractivity contribution >= 4 is 11.8 Å². The number of hydrogen-bond donors (Lipinski definition) is 1. The van der Waals surface area contributed by atoms with Gasteiger partial charge in [0.25, 0.3) is 0 Å². The third kappa shape index (κ3) is 3.81. The van der Waals surface area contributed by atoms with E-state index in [-0.39, 0.29) is 12.0 Å². The first kappa shape index (κ1) is 15.0. The average molecular weight is 284 g/mol. The molecule has 110 valence electrons. The molecule has 2 rings (SSSR count). The molecule has 0 spiro atoms. The fourth-order valence-corrected chi connectivity index (χ4v) is 2.19. The molecule has 1 unspecified atom stereocenters. The van der Waals surface area contributed by atoms with E-state index >= 15 is 0 Å². The molecule has 4 nitrogen and oxygen atoms in total. The van der Waals surface area contributed by atoms with E-state index < -0.39 is 0 Å². The Kier molecular flexibility index (Phi) is 4.93. The highest BCUT2D eigenvalue weighted by Gasteiger charge is 2.10. The molecule has 0 aliphatic carbocycles. The topological polar surface area (TPSA) is 51.2 Å². The zero-order chi connectivity index (χ0) is 15.2. The first-order chi connectivity index (χ1) is 10.1. The summed E-state index contributed by atoms with van der Waals surface area (Å²) in [5.41, 5.74) is 2.93. The van der Waals surface area contributed by atoms with E-state index in [1.807, 2.05) is 12.1 Å². The van der Waals surface area contributed by atoms with Gasteiger partial charge < -0.3 is 10.1 Å². The van der Waals surface area contributed by atoms with Crippen molar-refractivity contribution in [1.82, 2.24) is 4.98 Å². The second-order valence-corrected chi connectivity index (χ2v) is 4.88. The number of nitrogens with zero attached hydrogens (tertiary/aromatic N) is 1. The van der Waals surface area contributed by atoms with Gasteiger partial charge in [-0.2, -0.15) is 0 Å². The van der Waals surface area contributed by atoms with E-state index in [1.165, 1.54) is 17.3 Å². The van der Waals surface area contributed by atoms with Gasteiger partial charge in [0, 0.05) is 6.20 Å². The smallest absolute Gasteiger partial charge is 0.339 e. The molecule has 0 aliphatic rings. The largest absolute Gasteiger partial charge is 0.462 e. The van der Waals surface area contributed by atoms with E-state index in [9.17, 15) is 4.79 Å². The molecule has 1 N–H and O–H groups in total. The molecule has 0 radical (unpaired) electrons. The van der Waals surface area contributed by atoms with E-state index in [0.29, 0.717) is 12.2 Å². The highest BCUT2D eigenvalue weighted by Crippen LogP contribution is 2.21. The van der Waals surface area contributed by atoms with Crippen LogP contribution in [0.15, 0.2) is 42.6 Å². The molecular formula is C17H20N2O2. The number of rotatable bonds is 5. The highest BCUT2D eigenvalue weighted by molar-refractivity contribution is 5.89. The Hall–Kier alpha value is -2.36. The Balaban J connectivity index is 2.07. The summed E-state index contributed by atoms with van der Waals surface area (Å²) < 4.78 is 4.93. The van der Waals surface area contributed by atoms with Gasteiger partial charge in [-0.3, -0.25) is 0 Å². The van der Waals surface area contributed by atoms with Crippen molar-refractivity contribution in [2.24, 2.45) is 0 Å². The minimum absolute atomic E-state index is 0.146. The van der Waals surface area contributed by atoms with Gasteiger partial charge in [0.2, 0.25) is 0 Å². The molecule has 1 heterocycles. The van der Waals surface area contributed by atoms with Crippen molar-refractivity contribution in [3.63, 3.8) is 0 Å². The van der Waals surface area contributed by atoms with Crippen molar-refractivity contribution in [3.05, 3.63) is 59.3 Å². The number of aryl methyl sites for hydroxylation is 1. The second kappa shape index (κ2) is 6.88. The van der Waals surface area contributed by atoms with Gasteiger partial charge in [-0.15, -0.1) is 0 Å². The maximum absolute atomic E-state index is 11.6. The van der Waals surface area contributed by atoms with Crippen molar-refractivity contribution < 1.29 is 9.53 Å². The summed E-state index contributed by atoms with van der Waals surface area (Å²) in [5.74, 6) is 0.391. The van der Waals surface area contributed by atoms with E-state index in [0.717, 1.165) is 5.82 Å². The SMILES string of the molecule is CCOC(=O)c1ccc(NC(C)c2ccccc2C)nc1. The molecule has 0 amide bonds. The maximum atomic E-state index is 11.6. The van der Waals surface area contributed by atoms with Crippen molar-refractivity contribution in [3.8, 4) is 0 Å². The van der Waals surface area contributed by atoms with Gasteiger partial charge in [-0.1, -0.05) is 24.3 Å². The number of benzene rings is 1. The molecule has 1 aromatic carbocycles. The summed E-state index contributed by atoms with van der Waals surface area (Å²) in [6, 6.07) is 11.9. The number of anilines is 1. The van der Waals surface area contributed by atoms with Gasteiger partial charge in [0.05, 0.1) is 18.2 Å². The Bertz CT molecular complexity index is 608. The summed E-state index contributed by atoms with van der Waals surface area (Å²) >= 11 is 0. The third-order valence-electron chi connectivity index (χ3n) is 3.29. The molecule has 0 aliphatic heterocycles. The molecule has 4 heteroatoms. The first-order valence-electron chi connectivity index (χ1n) is 7.07. The third-order valence-corrected chi connectivity index (χ3v) is 3.29. The quantitative estimate of drug-likeness (QED) is 0.850. The average Bonchev–Trinajstić information content (AvgIpc) is 2.48. The molecule has 1 atom stereocenters. The fourth-order valence-electron chi connectivity index (χ4n) is 2.19. The molecular weight excluding hydrogens is 264 g/mol. The van der Waals surface area contributed by atoms with E-state index in [1.54, 1.807) is 19.1 Å².